The Hall–Kier alpha value is -3.06. The molecule has 0 bridgehead atoms. The lowest BCUT2D eigenvalue weighted by molar-refractivity contribution is -0.120. The molecule has 2 atom stereocenters. The fourth-order valence-electron chi connectivity index (χ4n) is 3.63. The number of rotatable bonds is 6. The summed E-state index contributed by atoms with van der Waals surface area (Å²) in [7, 11) is 0. The molecule has 4 rings (SSSR count). The number of carbonyl (C=O) groups excluding carboxylic acids is 1. The van der Waals surface area contributed by atoms with Gasteiger partial charge in [0.15, 0.2) is 5.82 Å². The van der Waals surface area contributed by atoms with Crippen LogP contribution in [-0.2, 0) is 11.2 Å². The van der Waals surface area contributed by atoms with Crippen LogP contribution in [0.5, 0.6) is 0 Å². The number of benzodiazepines with no additional fused rings is 1. The number of halogens is 1. The van der Waals surface area contributed by atoms with E-state index in [9.17, 15) is 4.79 Å². The monoisotopic (exact) mass is 422 g/mol. The molecule has 1 aliphatic heterocycles. The van der Waals surface area contributed by atoms with Crippen LogP contribution in [0.15, 0.2) is 53.5 Å². The quantitative estimate of drug-likeness (QED) is 0.656. The Kier molecular flexibility index (Phi) is 5.90. The SMILES string of the molecule is CCC(C)[C@@H]1N=C(c2ccccc2)c2cc(Cl)ccc2N(CCc2nn[nH]n2)C1=O. The van der Waals surface area contributed by atoms with Crippen LogP contribution in [-0.4, -0.2) is 44.8 Å². The Morgan fingerprint density at radius 2 is 2.00 bits per heavy atom. The third-order valence-electron chi connectivity index (χ3n) is 5.47. The van der Waals surface area contributed by atoms with Gasteiger partial charge in [-0.2, -0.15) is 5.21 Å². The van der Waals surface area contributed by atoms with Gasteiger partial charge in [0, 0.05) is 29.1 Å². The molecule has 1 amide bonds. The van der Waals surface area contributed by atoms with Gasteiger partial charge in [0.1, 0.15) is 6.04 Å². The normalized spacial score (nSPS) is 17.3. The third kappa shape index (κ3) is 3.98. The van der Waals surface area contributed by atoms with Crippen LogP contribution >= 0.6 is 11.6 Å². The van der Waals surface area contributed by atoms with E-state index < -0.39 is 6.04 Å². The number of tetrazole rings is 1. The van der Waals surface area contributed by atoms with E-state index in [0.29, 0.717) is 23.8 Å². The molecule has 154 valence electrons. The van der Waals surface area contributed by atoms with Crippen molar-refractivity contribution >= 4 is 28.9 Å². The van der Waals surface area contributed by atoms with Crippen LogP contribution in [0.3, 0.4) is 0 Å². The first-order chi connectivity index (χ1) is 14.6. The van der Waals surface area contributed by atoms with Crippen LogP contribution in [0.1, 0.15) is 37.2 Å². The maximum atomic E-state index is 13.7. The second kappa shape index (κ2) is 8.75. The molecule has 30 heavy (non-hydrogen) atoms. The van der Waals surface area contributed by atoms with Crippen molar-refractivity contribution in [2.24, 2.45) is 10.9 Å². The van der Waals surface area contributed by atoms with Crippen molar-refractivity contribution in [2.45, 2.75) is 32.7 Å². The number of H-pyrrole nitrogens is 1. The molecule has 0 saturated heterocycles. The number of aromatic nitrogens is 4. The summed E-state index contributed by atoms with van der Waals surface area (Å²) in [6.45, 7) is 4.57. The first-order valence-electron chi connectivity index (χ1n) is 10.0. The fraction of sp³-hybridized carbons (Fsp3) is 0.318. The van der Waals surface area contributed by atoms with E-state index in [0.717, 1.165) is 28.9 Å². The van der Waals surface area contributed by atoms with Gasteiger partial charge >= 0.3 is 0 Å². The van der Waals surface area contributed by atoms with Gasteiger partial charge in [0.25, 0.3) is 5.91 Å². The van der Waals surface area contributed by atoms with Crippen molar-refractivity contribution in [3.05, 3.63) is 70.5 Å². The molecular formula is C22H23ClN6O. The van der Waals surface area contributed by atoms with E-state index in [-0.39, 0.29) is 11.8 Å². The van der Waals surface area contributed by atoms with Crippen molar-refractivity contribution in [3.8, 4) is 0 Å². The number of hydrogen-bond acceptors (Lipinski definition) is 5. The zero-order valence-electron chi connectivity index (χ0n) is 16.9. The molecule has 1 unspecified atom stereocenters. The maximum Gasteiger partial charge on any atom is 0.252 e. The van der Waals surface area contributed by atoms with E-state index in [2.05, 4.69) is 34.5 Å². The van der Waals surface area contributed by atoms with Gasteiger partial charge < -0.3 is 4.90 Å². The van der Waals surface area contributed by atoms with Crippen molar-refractivity contribution in [2.75, 3.05) is 11.4 Å². The predicted octanol–water partition coefficient (Wildman–Crippen LogP) is 3.69. The summed E-state index contributed by atoms with van der Waals surface area (Å²) in [5, 5.41) is 14.7. The summed E-state index contributed by atoms with van der Waals surface area (Å²) in [5.41, 5.74) is 3.39. The Morgan fingerprint density at radius 1 is 1.20 bits per heavy atom. The highest BCUT2D eigenvalue weighted by Crippen LogP contribution is 2.33. The van der Waals surface area contributed by atoms with Crippen molar-refractivity contribution in [3.63, 3.8) is 0 Å². The number of carbonyl (C=O) groups is 1. The van der Waals surface area contributed by atoms with Gasteiger partial charge in [-0.3, -0.25) is 9.79 Å². The smallest absolute Gasteiger partial charge is 0.252 e. The first-order valence-corrected chi connectivity index (χ1v) is 10.4. The van der Waals surface area contributed by atoms with Gasteiger partial charge in [-0.05, 0) is 24.1 Å². The van der Waals surface area contributed by atoms with E-state index in [1.807, 2.05) is 42.5 Å². The lowest BCUT2D eigenvalue weighted by Gasteiger charge is -2.27. The Bertz CT molecular complexity index is 1050. The second-order valence-electron chi connectivity index (χ2n) is 7.40. The maximum absolute atomic E-state index is 13.7. The number of anilines is 1. The number of aromatic amines is 1. The minimum Gasteiger partial charge on any atom is -0.309 e. The second-order valence-corrected chi connectivity index (χ2v) is 7.84. The van der Waals surface area contributed by atoms with Gasteiger partial charge in [-0.15, -0.1) is 10.2 Å². The minimum absolute atomic E-state index is 0.0256. The van der Waals surface area contributed by atoms with Gasteiger partial charge in [0.05, 0.1) is 11.4 Å². The number of amides is 1. The van der Waals surface area contributed by atoms with Crippen LogP contribution < -0.4 is 4.90 Å². The molecule has 0 radical (unpaired) electrons. The number of nitrogens with zero attached hydrogens (tertiary/aromatic N) is 5. The summed E-state index contributed by atoms with van der Waals surface area (Å²) in [5.74, 6) is 0.628. The number of nitrogens with one attached hydrogen (secondary N) is 1. The molecule has 1 aromatic heterocycles. The van der Waals surface area contributed by atoms with Crippen LogP contribution in [0.2, 0.25) is 5.02 Å². The molecule has 0 aliphatic carbocycles. The van der Waals surface area contributed by atoms with E-state index in [1.54, 1.807) is 11.0 Å². The Balaban J connectivity index is 1.85. The molecule has 8 heteroatoms. The van der Waals surface area contributed by atoms with Crippen molar-refractivity contribution in [1.82, 2.24) is 20.6 Å². The highest BCUT2D eigenvalue weighted by atomic mass is 35.5. The molecule has 0 saturated carbocycles. The highest BCUT2D eigenvalue weighted by Gasteiger charge is 2.34. The molecule has 0 fully saturated rings. The molecular weight excluding hydrogens is 400 g/mol. The zero-order valence-corrected chi connectivity index (χ0v) is 17.7. The average Bonchev–Trinajstić information content (AvgIpc) is 3.25. The topological polar surface area (TPSA) is 87.1 Å². The van der Waals surface area contributed by atoms with Gasteiger partial charge in [-0.1, -0.05) is 67.4 Å². The van der Waals surface area contributed by atoms with Crippen molar-refractivity contribution in [1.29, 1.82) is 0 Å². The lowest BCUT2D eigenvalue weighted by Crippen LogP contribution is -2.42. The van der Waals surface area contributed by atoms with Gasteiger partial charge in [-0.25, -0.2) is 0 Å². The zero-order chi connectivity index (χ0) is 21.1. The molecule has 2 heterocycles. The summed E-state index contributed by atoms with van der Waals surface area (Å²) in [6, 6.07) is 15.0. The molecule has 1 aliphatic rings. The fourth-order valence-corrected chi connectivity index (χ4v) is 3.80. The standard InChI is InChI=1S/C22H23ClN6O/c1-3-14(2)20-22(30)29(12-11-19-25-27-28-26-19)18-10-9-16(23)13-17(18)21(24-20)15-7-5-4-6-8-15/h4-10,13-14,20H,3,11-12H2,1-2H3,(H,25,26,27,28)/t14?,20-/m0/s1. The van der Waals surface area contributed by atoms with E-state index in [1.165, 1.54) is 0 Å². The number of hydrogen-bond donors (Lipinski definition) is 1. The Morgan fingerprint density at radius 3 is 2.70 bits per heavy atom. The molecule has 3 aromatic rings. The minimum atomic E-state index is -0.485. The van der Waals surface area contributed by atoms with Crippen LogP contribution in [0, 0.1) is 5.92 Å². The van der Waals surface area contributed by atoms with E-state index >= 15 is 0 Å². The highest BCUT2D eigenvalue weighted by molar-refractivity contribution is 6.32. The molecule has 1 N–H and O–H groups in total. The van der Waals surface area contributed by atoms with E-state index in [4.69, 9.17) is 16.6 Å². The average molecular weight is 423 g/mol. The lowest BCUT2D eigenvalue weighted by atomic mass is 9.98. The summed E-state index contributed by atoms with van der Waals surface area (Å²) < 4.78 is 0. The summed E-state index contributed by atoms with van der Waals surface area (Å²) in [4.78, 5) is 20.4. The number of fused-ring (bicyclic) bond motifs is 1. The van der Waals surface area contributed by atoms with Crippen LogP contribution in [0.4, 0.5) is 5.69 Å². The summed E-state index contributed by atoms with van der Waals surface area (Å²) in [6.07, 6.45) is 1.33. The number of benzene rings is 2. The molecule has 2 aromatic carbocycles. The molecule has 7 nitrogen and oxygen atoms in total. The van der Waals surface area contributed by atoms with Crippen LogP contribution in [0.25, 0.3) is 0 Å². The largest absolute Gasteiger partial charge is 0.309 e. The first kappa shape index (κ1) is 20.2. The van der Waals surface area contributed by atoms with Crippen molar-refractivity contribution < 1.29 is 4.79 Å². The number of aliphatic imine (C=N–C) groups is 1. The third-order valence-corrected chi connectivity index (χ3v) is 5.71. The Labute approximate surface area is 180 Å². The predicted molar refractivity (Wildman–Crippen MR) is 117 cm³/mol. The van der Waals surface area contributed by atoms with Gasteiger partial charge in [0.2, 0.25) is 0 Å². The summed E-state index contributed by atoms with van der Waals surface area (Å²) >= 11 is 6.36. The molecule has 0 spiro atoms.